The molecule has 1 aromatic carbocycles. The lowest BCUT2D eigenvalue weighted by Gasteiger charge is -2.42. The number of fused-ring (bicyclic) bond motifs is 5. The molecule has 2 aliphatic heterocycles. The van der Waals surface area contributed by atoms with Crippen molar-refractivity contribution >= 4 is 22.2 Å². The molecule has 7 heteroatoms. The lowest BCUT2D eigenvalue weighted by Crippen LogP contribution is -2.49. The van der Waals surface area contributed by atoms with E-state index >= 15 is 0 Å². The Bertz CT molecular complexity index is 1340. The van der Waals surface area contributed by atoms with Gasteiger partial charge in [-0.3, -0.25) is 14.0 Å². The number of benzene rings is 1. The zero-order valence-corrected chi connectivity index (χ0v) is 17.8. The topological polar surface area (TPSA) is 59.6 Å². The van der Waals surface area contributed by atoms with Gasteiger partial charge in [0, 0.05) is 60.1 Å². The molecule has 2 unspecified atom stereocenters. The molecule has 0 radical (unpaired) electrons. The predicted octanol–water partition coefficient (Wildman–Crippen LogP) is 3.41. The number of imidazole rings is 1. The molecule has 5 heterocycles. The molecule has 0 spiro atoms. The molecule has 31 heavy (non-hydrogen) atoms. The molecule has 2 atom stereocenters. The summed E-state index contributed by atoms with van der Waals surface area (Å²) in [4.78, 5) is 33.1. The molecule has 1 fully saturated rings. The van der Waals surface area contributed by atoms with Crippen LogP contribution < -0.4 is 5.56 Å². The number of nitrogens with zero attached hydrogens (tertiary/aromatic N) is 4. The summed E-state index contributed by atoms with van der Waals surface area (Å²) in [6.07, 6.45) is 3.45. The van der Waals surface area contributed by atoms with Crippen LogP contribution in [0.25, 0.3) is 16.2 Å². The predicted molar refractivity (Wildman–Crippen MR) is 120 cm³/mol. The van der Waals surface area contributed by atoms with Gasteiger partial charge in [-0.2, -0.15) is 0 Å². The van der Waals surface area contributed by atoms with Gasteiger partial charge in [-0.15, -0.1) is 11.3 Å². The van der Waals surface area contributed by atoms with Crippen molar-refractivity contribution in [1.29, 1.82) is 0 Å². The number of carbonyl (C=O) groups excluding carboxylic acids is 1. The molecular formula is C24H22N4O2S. The molecule has 3 aromatic heterocycles. The standard InChI is InChI=1S/C24H22N4O2S/c29-22-8-4-7-21-18-9-16(12-28(21)22)11-26(13-18)23(30)10-19-15-31-24-25-20(14-27(19)24)17-5-2-1-3-6-17/h1-8,14-16,18H,9-13H2. The maximum absolute atomic E-state index is 13.2. The summed E-state index contributed by atoms with van der Waals surface area (Å²) in [5.41, 5.74) is 4.12. The second-order valence-corrected chi connectivity index (χ2v) is 9.38. The van der Waals surface area contributed by atoms with Crippen LogP contribution in [0.15, 0.2) is 64.9 Å². The highest BCUT2D eigenvalue weighted by Gasteiger charge is 2.36. The first-order chi connectivity index (χ1) is 15.2. The molecular weight excluding hydrogens is 408 g/mol. The average molecular weight is 431 g/mol. The Balaban J connectivity index is 1.23. The van der Waals surface area contributed by atoms with Crippen molar-refractivity contribution in [1.82, 2.24) is 18.9 Å². The van der Waals surface area contributed by atoms with Crippen molar-refractivity contribution in [2.75, 3.05) is 13.1 Å². The maximum Gasteiger partial charge on any atom is 0.250 e. The van der Waals surface area contributed by atoms with Gasteiger partial charge in [0.05, 0.1) is 12.1 Å². The van der Waals surface area contributed by atoms with E-state index in [4.69, 9.17) is 4.98 Å². The minimum Gasteiger partial charge on any atom is -0.341 e. The molecule has 1 amide bonds. The van der Waals surface area contributed by atoms with Gasteiger partial charge >= 0.3 is 0 Å². The molecule has 1 saturated heterocycles. The summed E-state index contributed by atoms with van der Waals surface area (Å²) in [5, 5.41) is 2.04. The number of rotatable bonds is 3. The van der Waals surface area contributed by atoms with Gasteiger partial charge < -0.3 is 9.47 Å². The summed E-state index contributed by atoms with van der Waals surface area (Å²) in [6.45, 7) is 2.12. The van der Waals surface area contributed by atoms with Crippen LogP contribution >= 0.6 is 11.3 Å². The SMILES string of the molecule is O=C(Cc1csc2nc(-c3ccccc3)cn12)N1CC2CC(C1)c1cccc(=O)n1C2. The fraction of sp³-hybridized carbons (Fsp3) is 0.292. The Morgan fingerprint density at radius 1 is 1.06 bits per heavy atom. The number of amides is 1. The van der Waals surface area contributed by atoms with Crippen LogP contribution in [0.3, 0.4) is 0 Å². The van der Waals surface area contributed by atoms with Gasteiger partial charge in [0.1, 0.15) is 0 Å². The maximum atomic E-state index is 13.2. The molecule has 6 nitrogen and oxygen atoms in total. The molecule has 4 aromatic rings. The van der Waals surface area contributed by atoms with Crippen molar-refractivity contribution in [3.05, 3.63) is 81.8 Å². The van der Waals surface area contributed by atoms with Gasteiger partial charge in [0.2, 0.25) is 5.91 Å². The largest absolute Gasteiger partial charge is 0.341 e. The minimum absolute atomic E-state index is 0.0713. The highest BCUT2D eigenvalue weighted by Crippen LogP contribution is 2.35. The van der Waals surface area contributed by atoms with E-state index in [2.05, 4.69) is 0 Å². The molecule has 2 aliphatic rings. The summed E-state index contributed by atoms with van der Waals surface area (Å²) >= 11 is 1.57. The summed E-state index contributed by atoms with van der Waals surface area (Å²) in [5.74, 6) is 0.734. The van der Waals surface area contributed by atoms with E-state index in [0.717, 1.165) is 40.6 Å². The van der Waals surface area contributed by atoms with Crippen LogP contribution in [-0.2, 0) is 17.8 Å². The Labute approximate surface area is 183 Å². The highest BCUT2D eigenvalue weighted by molar-refractivity contribution is 7.15. The van der Waals surface area contributed by atoms with Crippen molar-refractivity contribution in [3.63, 3.8) is 0 Å². The highest BCUT2D eigenvalue weighted by atomic mass is 32.1. The minimum atomic E-state index is 0.0713. The van der Waals surface area contributed by atoms with Crippen LogP contribution in [-0.4, -0.2) is 37.8 Å². The van der Waals surface area contributed by atoms with Crippen LogP contribution in [0.2, 0.25) is 0 Å². The van der Waals surface area contributed by atoms with E-state index < -0.39 is 0 Å². The summed E-state index contributed by atoms with van der Waals surface area (Å²) in [7, 11) is 0. The average Bonchev–Trinajstić information content (AvgIpc) is 3.37. The van der Waals surface area contributed by atoms with Crippen LogP contribution in [0.4, 0.5) is 0 Å². The zero-order chi connectivity index (χ0) is 20.9. The summed E-state index contributed by atoms with van der Waals surface area (Å²) in [6, 6.07) is 15.6. The lowest BCUT2D eigenvalue weighted by molar-refractivity contribution is -0.133. The third-order valence-corrected chi connectivity index (χ3v) is 7.41. The number of hydrogen-bond donors (Lipinski definition) is 0. The van der Waals surface area contributed by atoms with E-state index in [-0.39, 0.29) is 17.4 Å². The molecule has 0 N–H and O–H groups in total. The van der Waals surface area contributed by atoms with Gasteiger partial charge in [0.15, 0.2) is 4.96 Å². The van der Waals surface area contributed by atoms with Crippen LogP contribution in [0, 0.1) is 5.92 Å². The second kappa shape index (κ2) is 7.20. The molecule has 0 saturated carbocycles. The van der Waals surface area contributed by atoms with Crippen molar-refractivity contribution in [2.24, 2.45) is 5.92 Å². The smallest absolute Gasteiger partial charge is 0.250 e. The first-order valence-electron chi connectivity index (χ1n) is 10.6. The number of pyridine rings is 1. The van der Waals surface area contributed by atoms with E-state index in [1.54, 1.807) is 17.4 Å². The quantitative estimate of drug-likeness (QED) is 0.500. The Kier molecular flexibility index (Phi) is 4.31. The third kappa shape index (κ3) is 3.20. The summed E-state index contributed by atoms with van der Waals surface area (Å²) < 4.78 is 3.95. The fourth-order valence-electron chi connectivity index (χ4n) is 5.07. The molecule has 156 valence electrons. The zero-order valence-electron chi connectivity index (χ0n) is 17.0. The lowest BCUT2D eigenvalue weighted by atomic mass is 9.83. The first kappa shape index (κ1) is 18.6. The number of aromatic nitrogens is 3. The van der Waals surface area contributed by atoms with E-state index in [1.165, 1.54) is 0 Å². The Hall–Kier alpha value is -3.19. The number of hydrogen-bond acceptors (Lipinski definition) is 4. The van der Waals surface area contributed by atoms with E-state index in [9.17, 15) is 9.59 Å². The van der Waals surface area contributed by atoms with Crippen LogP contribution in [0.1, 0.15) is 23.7 Å². The molecule has 0 aliphatic carbocycles. The normalized spacial score (nSPS) is 20.1. The Morgan fingerprint density at radius 2 is 1.94 bits per heavy atom. The van der Waals surface area contributed by atoms with E-state index in [0.29, 0.717) is 25.4 Å². The van der Waals surface area contributed by atoms with Crippen LogP contribution in [0.5, 0.6) is 0 Å². The molecule has 6 rings (SSSR count). The third-order valence-electron chi connectivity index (χ3n) is 6.52. The van der Waals surface area contributed by atoms with Gasteiger partial charge in [-0.05, 0) is 18.4 Å². The number of thiazole rings is 1. The number of likely N-dealkylation sites (tertiary alicyclic amines) is 1. The first-order valence-corrected chi connectivity index (χ1v) is 11.5. The fourth-order valence-corrected chi connectivity index (χ4v) is 5.94. The second-order valence-electron chi connectivity index (χ2n) is 8.55. The number of piperidine rings is 1. The number of carbonyl (C=O) groups is 1. The van der Waals surface area contributed by atoms with Gasteiger partial charge in [-0.1, -0.05) is 36.4 Å². The van der Waals surface area contributed by atoms with Gasteiger partial charge in [0.25, 0.3) is 5.56 Å². The monoisotopic (exact) mass is 430 g/mol. The van der Waals surface area contributed by atoms with Crippen molar-refractivity contribution < 1.29 is 4.79 Å². The van der Waals surface area contributed by atoms with Crippen molar-refractivity contribution in [2.45, 2.75) is 25.3 Å². The molecule has 2 bridgehead atoms. The Morgan fingerprint density at radius 3 is 2.81 bits per heavy atom. The van der Waals surface area contributed by atoms with E-state index in [1.807, 2.05) is 67.9 Å². The van der Waals surface area contributed by atoms with Gasteiger partial charge in [-0.25, -0.2) is 4.98 Å². The van der Waals surface area contributed by atoms with Crippen molar-refractivity contribution in [3.8, 4) is 11.3 Å².